The summed E-state index contributed by atoms with van der Waals surface area (Å²) in [6, 6.07) is 18.1. The molecule has 0 aliphatic carbocycles. The number of hydrogen-bond acceptors (Lipinski definition) is 1. The van der Waals surface area contributed by atoms with E-state index in [1.807, 2.05) is 36.4 Å². The summed E-state index contributed by atoms with van der Waals surface area (Å²) in [6.07, 6.45) is 3.46. The van der Waals surface area contributed by atoms with Crippen LogP contribution in [0.4, 0.5) is 0 Å². The van der Waals surface area contributed by atoms with E-state index in [0.29, 0.717) is 0 Å². The Bertz CT molecular complexity index is 803. The lowest BCUT2D eigenvalue weighted by Gasteiger charge is -2.09. The zero-order valence-electron chi connectivity index (χ0n) is 12.2. The first-order valence-electron chi connectivity index (χ1n) is 7.49. The van der Waals surface area contributed by atoms with Gasteiger partial charge in [0, 0.05) is 17.0 Å². The largest absolute Gasteiger partial charge is 0.322 e. The fourth-order valence-corrected chi connectivity index (χ4v) is 2.69. The highest BCUT2D eigenvalue weighted by molar-refractivity contribution is 5.94. The molecule has 0 aliphatic rings. The van der Waals surface area contributed by atoms with Crippen LogP contribution in [0.1, 0.15) is 25.3 Å². The van der Waals surface area contributed by atoms with Crippen LogP contribution < -0.4 is 5.56 Å². The molecule has 21 heavy (non-hydrogen) atoms. The number of aromatic amines is 1. The van der Waals surface area contributed by atoms with Crippen molar-refractivity contribution >= 4 is 10.9 Å². The van der Waals surface area contributed by atoms with Gasteiger partial charge in [-0.2, -0.15) is 0 Å². The average molecular weight is 277 g/mol. The Kier molecular flexibility index (Phi) is 3.87. The van der Waals surface area contributed by atoms with E-state index in [9.17, 15) is 4.79 Å². The number of unbranched alkanes of at least 4 members (excludes halogenated alkanes) is 1. The van der Waals surface area contributed by atoms with Gasteiger partial charge in [-0.25, -0.2) is 0 Å². The van der Waals surface area contributed by atoms with Crippen LogP contribution in [0, 0.1) is 0 Å². The lowest BCUT2D eigenvalue weighted by Crippen LogP contribution is -2.05. The third-order valence-electron chi connectivity index (χ3n) is 3.81. The number of aryl methyl sites for hydroxylation is 1. The fourth-order valence-electron chi connectivity index (χ4n) is 2.69. The molecule has 0 spiro atoms. The van der Waals surface area contributed by atoms with Gasteiger partial charge in [0.15, 0.2) is 0 Å². The molecule has 0 saturated heterocycles. The van der Waals surface area contributed by atoms with Crippen molar-refractivity contribution in [2.45, 2.75) is 26.2 Å². The first kappa shape index (κ1) is 13.6. The Hall–Kier alpha value is -2.35. The molecular formula is C19H19NO. The number of pyridine rings is 1. The molecule has 0 amide bonds. The SMILES string of the molecule is CCCCc1ccc2[nH]c(=O)cc(-c3ccccc3)c2c1. The highest BCUT2D eigenvalue weighted by Crippen LogP contribution is 2.27. The molecule has 0 radical (unpaired) electrons. The van der Waals surface area contributed by atoms with E-state index in [1.165, 1.54) is 18.4 Å². The summed E-state index contributed by atoms with van der Waals surface area (Å²) in [5, 5.41) is 1.12. The topological polar surface area (TPSA) is 32.9 Å². The molecule has 2 heteroatoms. The van der Waals surface area contributed by atoms with Gasteiger partial charge < -0.3 is 4.98 Å². The van der Waals surface area contributed by atoms with Crippen molar-refractivity contribution in [2.24, 2.45) is 0 Å². The van der Waals surface area contributed by atoms with E-state index in [2.05, 4.69) is 24.0 Å². The van der Waals surface area contributed by atoms with Crippen LogP contribution in [-0.2, 0) is 6.42 Å². The minimum Gasteiger partial charge on any atom is -0.322 e. The van der Waals surface area contributed by atoms with E-state index < -0.39 is 0 Å². The van der Waals surface area contributed by atoms with Crippen LogP contribution in [0.2, 0.25) is 0 Å². The van der Waals surface area contributed by atoms with E-state index in [4.69, 9.17) is 0 Å². The van der Waals surface area contributed by atoms with Crippen molar-refractivity contribution in [1.29, 1.82) is 0 Å². The summed E-state index contributed by atoms with van der Waals surface area (Å²) in [5.74, 6) is 0. The molecule has 1 N–H and O–H groups in total. The Balaban J connectivity index is 2.19. The molecule has 3 rings (SSSR count). The van der Waals surface area contributed by atoms with Gasteiger partial charge >= 0.3 is 0 Å². The third kappa shape index (κ3) is 2.89. The van der Waals surface area contributed by atoms with Gasteiger partial charge in [-0.1, -0.05) is 49.7 Å². The fraction of sp³-hybridized carbons (Fsp3) is 0.211. The van der Waals surface area contributed by atoms with Crippen molar-refractivity contribution in [1.82, 2.24) is 4.98 Å². The zero-order valence-corrected chi connectivity index (χ0v) is 12.2. The molecule has 106 valence electrons. The molecular weight excluding hydrogens is 258 g/mol. The Morgan fingerprint density at radius 1 is 1.00 bits per heavy atom. The van der Waals surface area contributed by atoms with Crippen molar-refractivity contribution in [3.63, 3.8) is 0 Å². The standard InChI is InChI=1S/C19H19NO/c1-2-3-7-14-10-11-18-17(12-14)16(13-19(21)20-18)15-8-5-4-6-9-15/h4-6,8-13H,2-3,7H2,1H3,(H,20,21). The molecule has 2 aromatic carbocycles. The molecule has 0 saturated carbocycles. The van der Waals surface area contributed by atoms with Crippen LogP contribution in [0.3, 0.4) is 0 Å². The minimum absolute atomic E-state index is 0.0531. The number of fused-ring (bicyclic) bond motifs is 1. The van der Waals surface area contributed by atoms with Gasteiger partial charge in [0.2, 0.25) is 5.56 Å². The quantitative estimate of drug-likeness (QED) is 0.746. The monoisotopic (exact) mass is 277 g/mol. The molecule has 0 unspecified atom stereocenters. The van der Waals surface area contributed by atoms with Crippen LogP contribution >= 0.6 is 0 Å². The number of hydrogen-bond donors (Lipinski definition) is 1. The van der Waals surface area contributed by atoms with Crippen LogP contribution in [0.25, 0.3) is 22.0 Å². The number of aromatic nitrogens is 1. The minimum atomic E-state index is -0.0531. The maximum Gasteiger partial charge on any atom is 0.249 e. The van der Waals surface area contributed by atoms with Crippen molar-refractivity contribution < 1.29 is 0 Å². The summed E-state index contributed by atoms with van der Waals surface area (Å²) in [4.78, 5) is 14.8. The van der Waals surface area contributed by atoms with Gasteiger partial charge in [0.1, 0.15) is 0 Å². The number of benzene rings is 2. The molecule has 0 bridgehead atoms. The summed E-state index contributed by atoms with van der Waals surface area (Å²) in [5.41, 5.74) is 4.27. The van der Waals surface area contributed by atoms with Gasteiger partial charge in [-0.15, -0.1) is 0 Å². The average Bonchev–Trinajstić information content (AvgIpc) is 2.53. The lowest BCUT2D eigenvalue weighted by molar-refractivity contribution is 0.796. The summed E-state index contributed by atoms with van der Waals surface area (Å²) in [7, 11) is 0. The highest BCUT2D eigenvalue weighted by Gasteiger charge is 2.06. The van der Waals surface area contributed by atoms with E-state index in [1.54, 1.807) is 6.07 Å². The van der Waals surface area contributed by atoms with Gasteiger partial charge in [-0.3, -0.25) is 4.79 Å². The van der Waals surface area contributed by atoms with Gasteiger partial charge in [0.05, 0.1) is 0 Å². The van der Waals surface area contributed by atoms with Crippen molar-refractivity contribution in [2.75, 3.05) is 0 Å². The second-order valence-electron chi connectivity index (χ2n) is 5.40. The first-order valence-corrected chi connectivity index (χ1v) is 7.49. The number of H-pyrrole nitrogens is 1. The van der Waals surface area contributed by atoms with Gasteiger partial charge in [-0.05, 0) is 41.7 Å². The van der Waals surface area contributed by atoms with Crippen LogP contribution in [-0.4, -0.2) is 4.98 Å². The molecule has 0 aliphatic heterocycles. The summed E-state index contributed by atoms with van der Waals surface area (Å²) < 4.78 is 0. The normalized spacial score (nSPS) is 10.9. The third-order valence-corrected chi connectivity index (χ3v) is 3.81. The van der Waals surface area contributed by atoms with Crippen molar-refractivity contribution in [3.05, 3.63) is 70.5 Å². The second kappa shape index (κ2) is 5.96. The van der Waals surface area contributed by atoms with E-state index >= 15 is 0 Å². The molecule has 0 atom stereocenters. The predicted molar refractivity (Wildman–Crippen MR) is 88.6 cm³/mol. The maximum absolute atomic E-state index is 11.9. The molecule has 1 aromatic heterocycles. The summed E-state index contributed by atoms with van der Waals surface area (Å²) >= 11 is 0. The number of nitrogens with one attached hydrogen (secondary N) is 1. The molecule has 0 fully saturated rings. The zero-order chi connectivity index (χ0) is 14.7. The Morgan fingerprint density at radius 3 is 2.57 bits per heavy atom. The summed E-state index contributed by atoms with van der Waals surface area (Å²) in [6.45, 7) is 2.20. The first-order chi connectivity index (χ1) is 10.3. The van der Waals surface area contributed by atoms with E-state index in [-0.39, 0.29) is 5.56 Å². The molecule has 2 nitrogen and oxygen atoms in total. The Labute approximate surface area is 124 Å². The predicted octanol–water partition coefficient (Wildman–Crippen LogP) is 4.54. The molecule has 3 aromatic rings. The number of rotatable bonds is 4. The highest BCUT2D eigenvalue weighted by atomic mass is 16.1. The maximum atomic E-state index is 11.9. The molecule has 1 heterocycles. The Morgan fingerprint density at radius 2 is 1.81 bits per heavy atom. The smallest absolute Gasteiger partial charge is 0.249 e. The van der Waals surface area contributed by atoms with Gasteiger partial charge in [0.25, 0.3) is 0 Å². The van der Waals surface area contributed by atoms with Crippen LogP contribution in [0.5, 0.6) is 0 Å². The van der Waals surface area contributed by atoms with Crippen molar-refractivity contribution in [3.8, 4) is 11.1 Å². The van der Waals surface area contributed by atoms with Crippen LogP contribution in [0.15, 0.2) is 59.4 Å². The lowest BCUT2D eigenvalue weighted by atomic mass is 9.98. The second-order valence-corrected chi connectivity index (χ2v) is 5.40. The van der Waals surface area contributed by atoms with E-state index in [0.717, 1.165) is 28.5 Å².